The van der Waals surface area contributed by atoms with Crippen molar-refractivity contribution >= 4 is 15.9 Å². The molecule has 3 heteroatoms. The van der Waals surface area contributed by atoms with E-state index in [-0.39, 0.29) is 10.8 Å². The molecule has 0 bridgehead atoms. The van der Waals surface area contributed by atoms with Gasteiger partial charge in [0.1, 0.15) is 0 Å². The summed E-state index contributed by atoms with van der Waals surface area (Å²) < 4.78 is 1.11. The summed E-state index contributed by atoms with van der Waals surface area (Å²) in [6.07, 6.45) is 2.10. The topological polar surface area (TPSA) is 35.8 Å². The second-order valence-corrected chi connectivity index (χ2v) is 6.80. The van der Waals surface area contributed by atoms with Crippen molar-refractivity contribution in [2.75, 3.05) is 13.1 Å². The summed E-state index contributed by atoms with van der Waals surface area (Å²) in [5.41, 5.74) is 1.35. The van der Waals surface area contributed by atoms with Crippen LogP contribution in [0.25, 0.3) is 0 Å². The van der Waals surface area contributed by atoms with Gasteiger partial charge in [0.25, 0.3) is 0 Å². The second-order valence-electron chi connectivity index (χ2n) is 5.89. The zero-order chi connectivity index (χ0) is 13.2. The largest absolute Gasteiger partial charge is 0.314 e. The van der Waals surface area contributed by atoms with Crippen LogP contribution in [0.3, 0.4) is 0 Å². The summed E-state index contributed by atoms with van der Waals surface area (Å²) >= 11 is 3.46. The van der Waals surface area contributed by atoms with E-state index in [4.69, 9.17) is 5.26 Å². The Bertz CT molecular complexity index is 452. The molecule has 1 aromatic carbocycles. The van der Waals surface area contributed by atoms with Gasteiger partial charge in [-0.3, -0.25) is 0 Å². The minimum Gasteiger partial charge on any atom is -0.314 e. The maximum absolute atomic E-state index is 9.04. The average molecular weight is 307 g/mol. The molecule has 0 radical (unpaired) electrons. The number of nitriles is 1. The molecule has 0 saturated heterocycles. The number of hydrogen-bond acceptors (Lipinski definition) is 2. The summed E-state index contributed by atoms with van der Waals surface area (Å²) in [6.45, 7) is 6.19. The third-order valence-electron chi connectivity index (χ3n) is 3.75. The maximum atomic E-state index is 9.04. The van der Waals surface area contributed by atoms with E-state index in [2.05, 4.69) is 65.4 Å². The molecule has 96 valence electrons. The number of halogens is 1. The molecule has 18 heavy (non-hydrogen) atoms. The number of nitrogens with one attached hydrogen (secondary N) is 1. The molecule has 0 unspecified atom stereocenters. The molecular weight excluding hydrogens is 288 g/mol. The molecule has 2 rings (SSSR count). The molecule has 1 aliphatic rings. The Morgan fingerprint density at radius 2 is 1.94 bits per heavy atom. The predicted octanol–water partition coefficient (Wildman–Crippen LogP) is 3.62. The van der Waals surface area contributed by atoms with Gasteiger partial charge in [0, 0.05) is 23.0 Å². The lowest BCUT2D eigenvalue weighted by molar-refractivity contribution is 0.443. The zero-order valence-electron chi connectivity index (χ0n) is 11.0. The summed E-state index contributed by atoms with van der Waals surface area (Å²) in [7, 11) is 0. The van der Waals surface area contributed by atoms with Crippen molar-refractivity contribution < 1.29 is 0 Å². The van der Waals surface area contributed by atoms with E-state index in [1.165, 1.54) is 5.56 Å². The van der Waals surface area contributed by atoms with Gasteiger partial charge in [0.15, 0.2) is 0 Å². The van der Waals surface area contributed by atoms with Crippen LogP contribution in [-0.4, -0.2) is 13.1 Å². The molecule has 0 aliphatic heterocycles. The van der Waals surface area contributed by atoms with Crippen LogP contribution in [0.5, 0.6) is 0 Å². The first kappa shape index (κ1) is 13.6. The van der Waals surface area contributed by atoms with Gasteiger partial charge in [-0.2, -0.15) is 5.26 Å². The SMILES string of the molecule is CC(C)(CNCC1(C#N)CC1)c1ccc(Br)cc1. The third kappa shape index (κ3) is 3.13. The summed E-state index contributed by atoms with van der Waals surface area (Å²) in [4.78, 5) is 0. The average Bonchev–Trinajstić information content (AvgIpc) is 3.10. The van der Waals surface area contributed by atoms with E-state index in [1.807, 2.05) is 0 Å². The van der Waals surface area contributed by atoms with Gasteiger partial charge >= 0.3 is 0 Å². The van der Waals surface area contributed by atoms with Crippen molar-refractivity contribution in [3.8, 4) is 6.07 Å². The summed E-state index contributed by atoms with van der Waals surface area (Å²) in [6, 6.07) is 10.9. The summed E-state index contributed by atoms with van der Waals surface area (Å²) in [5, 5.41) is 12.5. The molecule has 1 aliphatic carbocycles. The van der Waals surface area contributed by atoms with Gasteiger partial charge in [-0.1, -0.05) is 41.9 Å². The minimum atomic E-state index is -0.0597. The standard InChI is InChI=1S/C15H19BrN2/c1-14(2,12-3-5-13(16)6-4-12)10-18-11-15(9-17)7-8-15/h3-6,18H,7-8,10-11H2,1-2H3. The van der Waals surface area contributed by atoms with Crippen molar-refractivity contribution in [1.29, 1.82) is 5.26 Å². The summed E-state index contributed by atoms with van der Waals surface area (Å²) in [5.74, 6) is 0. The highest BCUT2D eigenvalue weighted by molar-refractivity contribution is 9.10. The number of benzene rings is 1. The third-order valence-corrected chi connectivity index (χ3v) is 4.28. The fraction of sp³-hybridized carbons (Fsp3) is 0.533. The monoisotopic (exact) mass is 306 g/mol. The zero-order valence-corrected chi connectivity index (χ0v) is 12.5. The highest BCUT2D eigenvalue weighted by Gasteiger charge is 2.42. The molecule has 0 amide bonds. The molecule has 1 saturated carbocycles. The van der Waals surface area contributed by atoms with E-state index in [0.717, 1.165) is 30.4 Å². The first-order valence-electron chi connectivity index (χ1n) is 6.36. The molecule has 1 aromatic rings. The molecular formula is C15H19BrN2. The van der Waals surface area contributed by atoms with E-state index < -0.39 is 0 Å². The quantitative estimate of drug-likeness (QED) is 0.902. The maximum Gasteiger partial charge on any atom is 0.0703 e. The van der Waals surface area contributed by atoms with Crippen LogP contribution in [0.15, 0.2) is 28.7 Å². The van der Waals surface area contributed by atoms with Gasteiger partial charge in [-0.15, -0.1) is 0 Å². The predicted molar refractivity (Wildman–Crippen MR) is 77.3 cm³/mol. The van der Waals surface area contributed by atoms with Crippen LogP contribution in [0.4, 0.5) is 0 Å². The van der Waals surface area contributed by atoms with Crippen molar-refractivity contribution in [3.05, 3.63) is 34.3 Å². The molecule has 2 nitrogen and oxygen atoms in total. The Morgan fingerprint density at radius 3 is 2.44 bits per heavy atom. The van der Waals surface area contributed by atoms with Gasteiger partial charge < -0.3 is 5.32 Å². The molecule has 0 heterocycles. The molecule has 0 atom stereocenters. The van der Waals surface area contributed by atoms with E-state index in [1.54, 1.807) is 0 Å². The Labute approximate surface area is 118 Å². The fourth-order valence-corrected chi connectivity index (χ4v) is 2.36. The van der Waals surface area contributed by atoms with Gasteiger partial charge in [-0.25, -0.2) is 0 Å². The Morgan fingerprint density at radius 1 is 1.33 bits per heavy atom. The number of hydrogen-bond donors (Lipinski definition) is 1. The molecule has 1 fully saturated rings. The second kappa shape index (κ2) is 5.03. The number of nitrogens with zero attached hydrogens (tertiary/aromatic N) is 1. The van der Waals surface area contributed by atoms with Gasteiger partial charge in [-0.05, 0) is 30.5 Å². The molecule has 0 spiro atoms. The smallest absolute Gasteiger partial charge is 0.0703 e. The minimum absolute atomic E-state index is 0.0597. The lowest BCUT2D eigenvalue weighted by Gasteiger charge is -2.26. The van der Waals surface area contributed by atoms with Crippen LogP contribution in [0.1, 0.15) is 32.3 Å². The normalized spacial score (nSPS) is 17.2. The van der Waals surface area contributed by atoms with Crippen molar-refractivity contribution in [1.82, 2.24) is 5.32 Å². The first-order chi connectivity index (χ1) is 8.47. The first-order valence-corrected chi connectivity index (χ1v) is 7.15. The van der Waals surface area contributed by atoms with Crippen molar-refractivity contribution in [2.45, 2.75) is 32.1 Å². The highest BCUT2D eigenvalue weighted by atomic mass is 79.9. The Balaban J connectivity index is 1.91. The van der Waals surface area contributed by atoms with Crippen molar-refractivity contribution in [2.24, 2.45) is 5.41 Å². The van der Waals surface area contributed by atoms with Gasteiger partial charge in [0.2, 0.25) is 0 Å². The Kier molecular flexibility index (Phi) is 3.79. The van der Waals surface area contributed by atoms with Crippen LogP contribution in [0.2, 0.25) is 0 Å². The van der Waals surface area contributed by atoms with E-state index in [0.29, 0.717) is 0 Å². The van der Waals surface area contributed by atoms with E-state index in [9.17, 15) is 0 Å². The van der Waals surface area contributed by atoms with Crippen LogP contribution < -0.4 is 5.32 Å². The number of rotatable bonds is 5. The lowest BCUT2D eigenvalue weighted by Crippen LogP contribution is -2.35. The van der Waals surface area contributed by atoms with Crippen LogP contribution in [0, 0.1) is 16.7 Å². The van der Waals surface area contributed by atoms with Gasteiger partial charge in [0.05, 0.1) is 11.5 Å². The fourth-order valence-electron chi connectivity index (χ4n) is 2.10. The van der Waals surface area contributed by atoms with Crippen LogP contribution >= 0.6 is 15.9 Å². The lowest BCUT2D eigenvalue weighted by atomic mass is 9.84. The van der Waals surface area contributed by atoms with E-state index >= 15 is 0 Å². The Hall–Kier alpha value is -0.850. The van der Waals surface area contributed by atoms with Crippen LogP contribution in [-0.2, 0) is 5.41 Å². The highest BCUT2D eigenvalue weighted by Crippen LogP contribution is 2.44. The molecule has 0 aromatic heterocycles. The molecule has 1 N–H and O–H groups in total. The van der Waals surface area contributed by atoms with Crippen molar-refractivity contribution in [3.63, 3.8) is 0 Å².